The number of rotatable bonds is 4. The van der Waals surface area contributed by atoms with E-state index in [4.69, 9.17) is 11.1 Å². The van der Waals surface area contributed by atoms with Gasteiger partial charge in [0.15, 0.2) is 0 Å². The molecule has 1 aromatic rings. The highest BCUT2D eigenvalue weighted by Gasteiger charge is 2.23. The number of nitrogen functional groups attached to an aromatic ring is 1. The zero-order valence-corrected chi connectivity index (χ0v) is 12.0. The molecule has 3 N–H and O–H groups in total. The average Bonchev–Trinajstić information content (AvgIpc) is 2.74. The molecule has 5 nitrogen and oxygen atoms in total. The summed E-state index contributed by atoms with van der Waals surface area (Å²) in [4.78, 5) is 9.06. The minimum atomic E-state index is 0.0779. The van der Waals surface area contributed by atoms with E-state index in [0.717, 1.165) is 18.1 Å². The van der Waals surface area contributed by atoms with Crippen molar-refractivity contribution in [3.05, 3.63) is 23.4 Å². The first kappa shape index (κ1) is 13.8. The quantitative estimate of drug-likeness (QED) is 0.631. The number of likely N-dealkylation sites (tertiary alicyclic amines) is 1. The Morgan fingerprint density at radius 2 is 2.32 bits per heavy atom. The number of aromatic nitrogens is 1. The molecule has 0 spiro atoms. The summed E-state index contributed by atoms with van der Waals surface area (Å²) in [5.41, 5.74) is 7.31. The fourth-order valence-electron chi connectivity index (χ4n) is 2.66. The SMILES string of the molecule is Cc1ccc(C(=N)N)c(N(C)CC2CCCN2C)n1. The standard InChI is InChI=1S/C14H23N5/c1-10-6-7-12(13(15)16)14(17-10)19(3)9-11-5-4-8-18(11)2/h6-7,11H,4-5,8-9H2,1-3H3,(H3,15,16). The van der Waals surface area contributed by atoms with Crippen LogP contribution in [0.3, 0.4) is 0 Å². The van der Waals surface area contributed by atoms with Crippen molar-refractivity contribution in [2.24, 2.45) is 5.73 Å². The van der Waals surface area contributed by atoms with E-state index in [2.05, 4.69) is 21.8 Å². The molecule has 0 saturated carbocycles. The highest BCUT2D eigenvalue weighted by atomic mass is 15.2. The summed E-state index contributed by atoms with van der Waals surface area (Å²) >= 11 is 0. The molecule has 0 aromatic carbocycles. The maximum atomic E-state index is 7.66. The van der Waals surface area contributed by atoms with E-state index >= 15 is 0 Å². The molecule has 1 saturated heterocycles. The van der Waals surface area contributed by atoms with Crippen LogP contribution in [-0.2, 0) is 0 Å². The molecule has 2 rings (SSSR count). The second-order valence-corrected chi connectivity index (χ2v) is 5.39. The molecule has 1 aliphatic heterocycles. The van der Waals surface area contributed by atoms with Crippen LogP contribution < -0.4 is 10.6 Å². The lowest BCUT2D eigenvalue weighted by Crippen LogP contribution is -2.37. The van der Waals surface area contributed by atoms with Crippen molar-refractivity contribution in [1.29, 1.82) is 5.41 Å². The maximum absolute atomic E-state index is 7.66. The lowest BCUT2D eigenvalue weighted by molar-refractivity contribution is 0.314. The van der Waals surface area contributed by atoms with Gasteiger partial charge in [-0.05, 0) is 45.5 Å². The van der Waals surface area contributed by atoms with Gasteiger partial charge in [0, 0.05) is 25.3 Å². The van der Waals surface area contributed by atoms with E-state index in [1.54, 1.807) is 0 Å². The number of hydrogen-bond donors (Lipinski definition) is 2. The normalized spacial score (nSPS) is 19.6. The predicted molar refractivity (Wildman–Crippen MR) is 78.9 cm³/mol. The van der Waals surface area contributed by atoms with Gasteiger partial charge in [0.1, 0.15) is 11.7 Å². The molecule has 0 aliphatic carbocycles. The molecule has 19 heavy (non-hydrogen) atoms. The topological polar surface area (TPSA) is 69.2 Å². The fourth-order valence-corrected chi connectivity index (χ4v) is 2.66. The van der Waals surface area contributed by atoms with Crippen molar-refractivity contribution in [2.75, 3.05) is 32.1 Å². The second kappa shape index (κ2) is 5.57. The van der Waals surface area contributed by atoms with Crippen LogP contribution in [0.4, 0.5) is 5.82 Å². The Balaban J connectivity index is 2.20. The van der Waals surface area contributed by atoms with Gasteiger partial charge in [-0.25, -0.2) is 4.98 Å². The smallest absolute Gasteiger partial charge is 0.139 e. The first-order valence-electron chi connectivity index (χ1n) is 6.72. The molecule has 5 heteroatoms. The Hall–Kier alpha value is -1.62. The van der Waals surface area contributed by atoms with Gasteiger partial charge >= 0.3 is 0 Å². The van der Waals surface area contributed by atoms with E-state index in [1.807, 2.05) is 26.1 Å². The molecule has 104 valence electrons. The molecule has 1 fully saturated rings. The van der Waals surface area contributed by atoms with Crippen molar-refractivity contribution < 1.29 is 0 Å². The molecule has 0 radical (unpaired) electrons. The molecule has 1 aliphatic rings. The van der Waals surface area contributed by atoms with Gasteiger partial charge in [-0.3, -0.25) is 5.41 Å². The third kappa shape index (κ3) is 3.04. The Morgan fingerprint density at radius 3 is 2.89 bits per heavy atom. The zero-order chi connectivity index (χ0) is 14.0. The summed E-state index contributed by atoms with van der Waals surface area (Å²) in [7, 11) is 4.20. The van der Waals surface area contributed by atoms with Crippen LogP contribution in [0.25, 0.3) is 0 Å². The van der Waals surface area contributed by atoms with Gasteiger partial charge < -0.3 is 15.5 Å². The van der Waals surface area contributed by atoms with Gasteiger partial charge in [-0.1, -0.05) is 0 Å². The van der Waals surface area contributed by atoms with Crippen LogP contribution in [0.1, 0.15) is 24.1 Å². The molecule has 1 aromatic heterocycles. The summed E-state index contributed by atoms with van der Waals surface area (Å²) in [5, 5.41) is 7.66. The number of hydrogen-bond acceptors (Lipinski definition) is 4. The molecular weight excluding hydrogens is 238 g/mol. The number of anilines is 1. The zero-order valence-electron chi connectivity index (χ0n) is 12.0. The first-order valence-corrected chi connectivity index (χ1v) is 6.72. The minimum absolute atomic E-state index is 0.0779. The monoisotopic (exact) mass is 261 g/mol. The van der Waals surface area contributed by atoms with E-state index in [1.165, 1.54) is 19.4 Å². The van der Waals surface area contributed by atoms with Crippen LogP contribution in [-0.4, -0.2) is 48.9 Å². The number of aryl methyl sites for hydroxylation is 1. The summed E-state index contributed by atoms with van der Waals surface area (Å²) in [6.45, 7) is 4.05. The maximum Gasteiger partial charge on any atom is 0.139 e. The van der Waals surface area contributed by atoms with Crippen LogP contribution >= 0.6 is 0 Å². The molecule has 2 heterocycles. The summed E-state index contributed by atoms with van der Waals surface area (Å²) in [6, 6.07) is 4.34. The molecule has 1 unspecified atom stereocenters. The van der Waals surface area contributed by atoms with E-state index in [9.17, 15) is 0 Å². The van der Waals surface area contributed by atoms with Crippen molar-refractivity contribution >= 4 is 11.7 Å². The highest BCUT2D eigenvalue weighted by molar-refractivity contribution is 5.99. The molecule has 1 atom stereocenters. The van der Waals surface area contributed by atoms with Gasteiger partial charge in [0.05, 0.1) is 5.56 Å². The molecule has 0 amide bonds. The van der Waals surface area contributed by atoms with Crippen molar-refractivity contribution in [3.63, 3.8) is 0 Å². The highest BCUT2D eigenvalue weighted by Crippen LogP contribution is 2.21. The van der Waals surface area contributed by atoms with Crippen molar-refractivity contribution in [1.82, 2.24) is 9.88 Å². The lowest BCUT2D eigenvalue weighted by atomic mass is 10.1. The Kier molecular flexibility index (Phi) is 4.04. The summed E-state index contributed by atoms with van der Waals surface area (Å²) in [6.07, 6.45) is 2.48. The second-order valence-electron chi connectivity index (χ2n) is 5.39. The number of likely N-dealkylation sites (N-methyl/N-ethyl adjacent to an activating group) is 2. The van der Waals surface area contributed by atoms with Crippen LogP contribution in [0, 0.1) is 12.3 Å². The van der Waals surface area contributed by atoms with E-state index in [-0.39, 0.29) is 5.84 Å². The third-order valence-electron chi connectivity index (χ3n) is 3.82. The number of amidine groups is 1. The lowest BCUT2D eigenvalue weighted by Gasteiger charge is -2.28. The Labute approximate surface area is 114 Å². The number of pyridine rings is 1. The largest absolute Gasteiger partial charge is 0.384 e. The number of nitrogens with zero attached hydrogens (tertiary/aromatic N) is 3. The fraction of sp³-hybridized carbons (Fsp3) is 0.571. The number of nitrogens with two attached hydrogens (primary N) is 1. The van der Waals surface area contributed by atoms with Gasteiger partial charge in [0.25, 0.3) is 0 Å². The van der Waals surface area contributed by atoms with E-state index < -0.39 is 0 Å². The van der Waals surface area contributed by atoms with Crippen molar-refractivity contribution in [3.8, 4) is 0 Å². The third-order valence-corrected chi connectivity index (χ3v) is 3.82. The molecular formula is C14H23N5. The average molecular weight is 261 g/mol. The Morgan fingerprint density at radius 1 is 1.58 bits per heavy atom. The van der Waals surface area contributed by atoms with Gasteiger partial charge in [0.2, 0.25) is 0 Å². The Bertz CT molecular complexity index is 471. The predicted octanol–water partition coefficient (Wildman–Crippen LogP) is 1.20. The van der Waals surface area contributed by atoms with Crippen molar-refractivity contribution in [2.45, 2.75) is 25.8 Å². The number of nitrogens with one attached hydrogen (secondary N) is 1. The molecule has 0 bridgehead atoms. The van der Waals surface area contributed by atoms with Crippen LogP contribution in [0.5, 0.6) is 0 Å². The first-order chi connectivity index (χ1) is 8.99. The van der Waals surface area contributed by atoms with E-state index in [0.29, 0.717) is 11.6 Å². The van der Waals surface area contributed by atoms with Gasteiger partial charge in [-0.15, -0.1) is 0 Å². The summed E-state index contributed by atoms with van der Waals surface area (Å²) in [5.74, 6) is 0.891. The van der Waals surface area contributed by atoms with Crippen LogP contribution in [0.15, 0.2) is 12.1 Å². The van der Waals surface area contributed by atoms with Crippen LogP contribution in [0.2, 0.25) is 0 Å². The van der Waals surface area contributed by atoms with Gasteiger partial charge in [-0.2, -0.15) is 0 Å². The minimum Gasteiger partial charge on any atom is -0.384 e. The summed E-state index contributed by atoms with van der Waals surface area (Å²) < 4.78 is 0.